The van der Waals surface area contributed by atoms with Crippen molar-refractivity contribution < 1.29 is 28.5 Å². The fourth-order valence-corrected chi connectivity index (χ4v) is 3.36. The summed E-state index contributed by atoms with van der Waals surface area (Å²) in [4.78, 5) is 23.5. The van der Waals surface area contributed by atoms with Gasteiger partial charge in [-0.1, -0.05) is 23.2 Å². The molecule has 0 radical (unpaired) electrons. The minimum atomic E-state index is -0.663. The largest absolute Gasteiger partial charge is 0.493 e. The molecule has 0 spiro atoms. The van der Waals surface area contributed by atoms with Crippen molar-refractivity contribution in [2.24, 2.45) is 5.73 Å². The minimum absolute atomic E-state index is 0.111. The molecule has 0 unspecified atom stereocenters. The molecule has 160 valence electrons. The quantitative estimate of drug-likeness (QED) is 0.665. The van der Waals surface area contributed by atoms with Crippen molar-refractivity contribution in [1.82, 2.24) is 5.32 Å². The zero-order chi connectivity index (χ0) is 21.7. The van der Waals surface area contributed by atoms with Crippen LogP contribution in [0.1, 0.15) is 22.3 Å². The number of amides is 2. The van der Waals surface area contributed by atoms with Crippen molar-refractivity contribution in [3.63, 3.8) is 0 Å². The number of rotatable bonds is 7. The summed E-state index contributed by atoms with van der Waals surface area (Å²) < 4.78 is 21.7. The molecule has 2 aromatic rings. The third-order valence-electron chi connectivity index (χ3n) is 4.17. The van der Waals surface area contributed by atoms with Gasteiger partial charge in [0.2, 0.25) is 0 Å². The van der Waals surface area contributed by atoms with Crippen LogP contribution in [0.15, 0.2) is 24.3 Å². The lowest BCUT2D eigenvalue weighted by Gasteiger charge is -2.14. The molecule has 1 aliphatic rings. The van der Waals surface area contributed by atoms with E-state index < -0.39 is 5.91 Å². The van der Waals surface area contributed by atoms with E-state index in [2.05, 4.69) is 5.32 Å². The molecule has 2 amide bonds. The van der Waals surface area contributed by atoms with E-state index in [0.717, 1.165) is 12.0 Å². The first-order valence-electron chi connectivity index (χ1n) is 9.04. The summed E-state index contributed by atoms with van der Waals surface area (Å²) in [7, 11) is 1.39. The molecular weight excluding hydrogens is 435 g/mol. The maximum absolute atomic E-state index is 12.6. The average Bonchev–Trinajstić information content (AvgIpc) is 2.96. The summed E-state index contributed by atoms with van der Waals surface area (Å²) in [5, 5.41) is 3.32. The molecule has 1 heterocycles. The van der Waals surface area contributed by atoms with Gasteiger partial charge in [0.15, 0.2) is 29.6 Å². The van der Waals surface area contributed by atoms with E-state index in [4.69, 9.17) is 47.9 Å². The monoisotopic (exact) mass is 454 g/mol. The number of nitrogens with one attached hydrogen (secondary N) is 1. The van der Waals surface area contributed by atoms with Crippen molar-refractivity contribution in [2.75, 3.05) is 26.9 Å². The molecule has 1 aliphatic heterocycles. The van der Waals surface area contributed by atoms with Crippen LogP contribution >= 0.6 is 23.2 Å². The van der Waals surface area contributed by atoms with E-state index >= 15 is 0 Å². The van der Waals surface area contributed by atoms with Crippen LogP contribution in [0, 0.1) is 0 Å². The third kappa shape index (κ3) is 5.20. The normalized spacial score (nSPS) is 12.6. The Kier molecular flexibility index (Phi) is 7.12. The molecule has 3 rings (SSSR count). The highest BCUT2D eigenvalue weighted by Gasteiger charge is 2.18. The van der Waals surface area contributed by atoms with Gasteiger partial charge in [-0.15, -0.1) is 0 Å². The molecule has 0 bridgehead atoms. The van der Waals surface area contributed by atoms with Crippen LogP contribution in [-0.4, -0.2) is 38.7 Å². The second-order valence-corrected chi connectivity index (χ2v) is 7.20. The summed E-state index contributed by atoms with van der Waals surface area (Å²) in [6, 6.07) is 6.36. The maximum Gasteiger partial charge on any atom is 0.255 e. The number of carbonyl (C=O) groups excluding carboxylic acids is 2. The summed E-state index contributed by atoms with van der Waals surface area (Å²) in [6.07, 6.45) is 0.763. The highest BCUT2D eigenvalue weighted by molar-refractivity contribution is 6.33. The highest BCUT2D eigenvalue weighted by Crippen LogP contribution is 2.38. The fraction of sp³-hybridized carbons (Fsp3) is 0.300. The number of nitrogens with two attached hydrogens (primary N) is 1. The number of fused-ring (bicyclic) bond motifs is 1. The van der Waals surface area contributed by atoms with E-state index in [-0.39, 0.29) is 41.1 Å². The Morgan fingerprint density at radius 2 is 1.90 bits per heavy atom. The number of ether oxygens (including phenoxy) is 4. The van der Waals surface area contributed by atoms with Crippen LogP contribution in [0.2, 0.25) is 10.0 Å². The van der Waals surface area contributed by atoms with Crippen LogP contribution < -0.4 is 30.0 Å². The zero-order valence-corrected chi connectivity index (χ0v) is 17.6. The topological polar surface area (TPSA) is 109 Å². The van der Waals surface area contributed by atoms with Crippen LogP contribution in [-0.2, 0) is 11.3 Å². The highest BCUT2D eigenvalue weighted by atomic mass is 35.5. The Morgan fingerprint density at radius 3 is 2.63 bits per heavy atom. The Bertz CT molecular complexity index is 967. The van der Waals surface area contributed by atoms with Crippen LogP contribution in [0.25, 0.3) is 0 Å². The van der Waals surface area contributed by atoms with E-state index in [1.165, 1.54) is 19.2 Å². The van der Waals surface area contributed by atoms with E-state index in [1.54, 1.807) is 12.1 Å². The lowest BCUT2D eigenvalue weighted by molar-refractivity contribution is -0.119. The van der Waals surface area contributed by atoms with Gasteiger partial charge < -0.3 is 30.0 Å². The number of benzene rings is 2. The standard InChI is InChI=1S/C20H20Cl2N2O6/c1-27-15-8-12(7-14(22)18(15)30-10-17(23)25)20(26)24-9-11-5-13(21)19-16(6-11)28-3-2-4-29-19/h5-8H,2-4,9-10H2,1H3,(H2,23,25)(H,24,26). The Morgan fingerprint density at radius 1 is 1.13 bits per heavy atom. The van der Waals surface area contributed by atoms with Gasteiger partial charge >= 0.3 is 0 Å². The van der Waals surface area contributed by atoms with E-state index in [9.17, 15) is 9.59 Å². The van der Waals surface area contributed by atoms with Gasteiger partial charge in [-0.3, -0.25) is 9.59 Å². The molecule has 0 saturated heterocycles. The molecule has 0 aromatic heterocycles. The van der Waals surface area contributed by atoms with Crippen molar-refractivity contribution in [2.45, 2.75) is 13.0 Å². The van der Waals surface area contributed by atoms with E-state index in [0.29, 0.717) is 29.7 Å². The lowest BCUT2D eigenvalue weighted by atomic mass is 10.1. The van der Waals surface area contributed by atoms with Crippen molar-refractivity contribution in [3.8, 4) is 23.0 Å². The zero-order valence-electron chi connectivity index (χ0n) is 16.1. The van der Waals surface area contributed by atoms with Crippen molar-refractivity contribution in [1.29, 1.82) is 0 Å². The maximum atomic E-state index is 12.6. The first-order valence-corrected chi connectivity index (χ1v) is 9.79. The third-order valence-corrected chi connectivity index (χ3v) is 4.73. The van der Waals surface area contributed by atoms with Gasteiger partial charge in [-0.25, -0.2) is 0 Å². The molecule has 0 aliphatic carbocycles. The molecule has 10 heteroatoms. The minimum Gasteiger partial charge on any atom is -0.493 e. The van der Waals surface area contributed by atoms with Crippen molar-refractivity contribution in [3.05, 3.63) is 45.4 Å². The summed E-state index contributed by atoms with van der Waals surface area (Å²) >= 11 is 12.5. The molecule has 8 nitrogen and oxygen atoms in total. The second kappa shape index (κ2) is 9.77. The summed E-state index contributed by atoms with van der Waals surface area (Å²) in [5.41, 5.74) is 6.08. The number of methoxy groups -OCH3 is 1. The van der Waals surface area contributed by atoms with Gasteiger partial charge in [-0.05, 0) is 29.8 Å². The molecular formula is C20H20Cl2N2O6. The van der Waals surface area contributed by atoms with Gasteiger partial charge in [0.05, 0.1) is 30.4 Å². The molecule has 2 aromatic carbocycles. The first kappa shape index (κ1) is 21.9. The van der Waals surface area contributed by atoms with E-state index in [1.807, 2.05) is 0 Å². The van der Waals surface area contributed by atoms with Crippen LogP contribution in [0.4, 0.5) is 0 Å². The van der Waals surface area contributed by atoms with Gasteiger partial charge in [0, 0.05) is 18.5 Å². The lowest BCUT2D eigenvalue weighted by Crippen LogP contribution is -2.23. The van der Waals surface area contributed by atoms with Gasteiger partial charge in [-0.2, -0.15) is 0 Å². The first-order chi connectivity index (χ1) is 14.4. The fourth-order valence-electron chi connectivity index (χ4n) is 2.80. The SMILES string of the molecule is COc1cc(C(=O)NCc2cc(Cl)c3c(c2)OCCCO3)cc(Cl)c1OCC(N)=O. The summed E-state index contributed by atoms with van der Waals surface area (Å²) in [6.45, 7) is 0.897. The predicted molar refractivity (Wildman–Crippen MR) is 111 cm³/mol. The number of carbonyl (C=O) groups is 2. The number of halogens is 2. The average molecular weight is 455 g/mol. The molecule has 0 atom stereocenters. The molecule has 0 saturated carbocycles. The predicted octanol–water partition coefficient (Wildman–Crippen LogP) is 2.96. The summed E-state index contributed by atoms with van der Waals surface area (Å²) in [5.74, 6) is 0.331. The van der Waals surface area contributed by atoms with Gasteiger partial charge in [0.25, 0.3) is 11.8 Å². The van der Waals surface area contributed by atoms with Gasteiger partial charge in [0.1, 0.15) is 0 Å². The second-order valence-electron chi connectivity index (χ2n) is 6.38. The van der Waals surface area contributed by atoms with Crippen molar-refractivity contribution >= 4 is 35.0 Å². The Labute approximate surface area is 183 Å². The molecule has 0 fully saturated rings. The molecule has 3 N–H and O–H groups in total. The molecule has 30 heavy (non-hydrogen) atoms. The van der Waals surface area contributed by atoms with Crippen LogP contribution in [0.5, 0.6) is 23.0 Å². The number of hydrogen-bond donors (Lipinski definition) is 2. The smallest absolute Gasteiger partial charge is 0.255 e. The Balaban J connectivity index is 1.73. The number of hydrogen-bond acceptors (Lipinski definition) is 6. The Hall–Kier alpha value is -2.84. The van der Waals surface area contributed by atoms with Crippen LogP contribution in [0.3, 0.4) is 0 Å². The number of primary amides is 1.